The molecule has 28 heavy (non-hydrogen) atoms. The number of ketones is 2. The fourth-order valence-corrected chi connectivity index (χ4v) is 6.14. The molecule has 146 valence electrons. The number of ether oxygens (including phenoxy) is 2. The molecule has 1 saturated carbocycles. The summed E-state index contributed by atoms with van der Waals surface area (Å²) in [4.78, 5) is 27.4. The molecule has 0 N–H and O–H groups in total. The standard InChI is InChI=1S/C24H26O4/c1-13(2)10-11-23-21(26)16-12-18(22(4,5)28-23)24(23)19(14(16)3)20(25)15-8-6-7-9-17(15)27-24/h6-10,16,18H,11-12H2,1-5H3. The minimum Gasteiger partial charge on any atom is -0.478 e. The topological polar surface area (TPSA) is 52.6 Å². The molecule has 0 radical (unpaired) electrons. The van der Waals surface area contributed by atoms with Crippen LogP contribution in [0.4, 0.5) is 0 Å². The van der Waals surface area contributed by atoms with Crippen LogP contribution >= 0.6 is 0 Å². The first-order chi connectivity index (χ1) is 13.2. The van der Waals surface area contributed by atoms with Crippen LogP contribution in [0.3, 0.4) is 0 Å². The van der Waals surface area contributed by atoms with E-state index in [2.05, 4.69) is 0 Å². The number of hydrogen-bond acceptors (Lipinski definition) is 4. The highest BCUT2D eigenvalue weighted by molar-refractivity contribution is 6.17. The highest BCUT2D eigenvalue weighted by Crippen LogP contribution is 2.68. The van der Waals surface area contributed by atoms with Gasteiger partial charge in [0.25, 0.3) is 0 Å². The molecule has 1 saturated heterocycles. The van der Waals surface area contributed by atoms with Crippen molar-refractivity contribution in [2.45, 2.75) is 64.3 Å². The third kappa shape index (κ3) is 1.80. The van der Waals surface area contributed by atoms with E-state index in [1.54, 1.807) is 0 Å². The quantitative estimate of drug-likeness (QED) is 0.714. The first-order valence-corrected chi connectivity index (χ1v) is 10.1. The summed E-state index contributed by atoms with van der Waals surface area (Å²) < 4.78 is 13.3. The number of carbonyl (C=O) groups is 2. The lowest BCUT2D eigenvalue weighted by Gasteiger charge is -2.57. The van der Waals surface area contributed by atoms with Crippen molar-refractivity contribution in [1.82, 2.24) is 0 Å². The van der Waals surface area contributed by atoms with Crippen LogP contribution in [0.1, 0.15) is 57.8 Å². The molecule has 1 spiro atoms. The predicted molar refractivity (Wildman–Crippen MR) is 105 cm³/mol. The molecule has 1 aromatic rings. The third-order valence-electron chi connectivity index (χ3n) is 7.27. The molecule has 4 heteroatoms. The number of fused-ring (bicyclic) bond motifs is 1. The smallest absolute Gasteiger partial charge is 0.196 e. The maximum Gasteiger partial charge on any atom is 0.196 e. The van der Waals surface area contributed by atoms with Crippen LogP contribution in [0.25, 0.3) is 0 Å². The second-order valence-corrected chi connectivity index (χ2v) is 9.44. The molecule has 2 heterocycles. The molecular formula is C24H26O4. The fourth-order valence-electron chi connectivity index (χ4n) is 6.14. The van der Waals surface area contributed by atoms with Crippen molar-refractivity contribution < 1.29 is 19.1 Å². The van der Waals surface area contributed by atoms with Crippen molar-refractivity contribution >= 4 is 11.6 Å². The van der Waals surface area contributed by atoms with Crippen molar-refractivity contribution in [2.24, 2.45) is 11.8 Å². The van der Waals surface area contributed by atoms with Gasteiger partial charge in [0.2, 0.25) is 0 Å². The Balaban J connectivity index is 1.85. The summed E-state index contributed by atoms with van der Waals surface area (Å²) in [6.45, 7) is 10.0. The van der Waals surface area contributed by atoms with Gasteiger partial charge in [0.1, 0.15) is 5.75 Å². The lowest BCUT2D eigenvalue weighted by molar-refractivity contribution is -0.172. The maximum atomic E-state index is 13.8. The van der Waals surface area contributed by atoms with Crippen LogP contribution in [0.2, 0.25) is 0 Å². The normalized spacial score (nSPS) is 36.8. The molecule has 0 amide bonds. The van der Waals surface area contributed by atoms with E-state index in [4.69, 9.17) is 9.47 Å². The SMILES string of the molecule is CC(C)=CCC12OC(C)(C)C3CC(C1=O)C(C)=C1C(=O)c4ccccc4OC132. The summed E-state index contributed by atoms with van der Waals surface area (Å²) in [7, 11) is 0. The van der Waals surface area contributed by atoms with Gasteiger partial charge in [-0.3, -0.25) is 9.59 Å². The van der Waals surface area contributed by atoms with Crippen LogP contribution < -0.4 is 4.74 Å². The Kier molecular flexibility index (Phi) is 3.34. The van der Waals surface area contributed by atoms with Gasteiger partial charge in [0.15, 0.2) is 22.8 Å². The highest BCUT2D eigenvalue weighted by Gasteiger charge is 2.81. The highest BCUT2D eigenvalue weighted by atomic mass is 16.6. The van der Waals surface area contributed by atoms with Crippen molar-refractivity contribution in [3.8, 4) is 5.75 Å². The number of carbonyl (C=O) groups excluding carboxylic acids is 2. The van der Waals surface area contributed by atoms with Crippen LogP contribution in [0.5, 0.6) is 5.75 Å². The molecule has 0 aromatic heterocycles. The van der Waals surface area contributed by atoms with Crippen LogP contribution in [0.15, 0.2) is 47.1 Å². The summed E-state index contributed by atoms with van der Waals surface area (Å²) in [5.41, 5.74) is 0.475. The summed E-state index contributed by atoms with van der Waals surface area (Å²) in [5, 5.41) is 0. The van der Waals surface area contributed by atoms with Gasteiger partial charge in [-0.25, -0.2) is 0 Å². The largest absolute Gasteiger partial charge is 0.478 e. The van der Waals surface area contributed by atoms with Gasteiger partial charge < -0.3 is 9.47 Å². The molecule has 5 aliphatic rings. The molecule has 4 bridgehead atoms. The zero-order chi connectivity index (χ0) is 20.1. The zero-order valence-corrected chi connectivity index (χ0v) is 17.1. The van der Waals surface area contributed by atoms with E-state index in [1.807, 2.05) is 65.0 Å². The molecule has 2 aliphatic heterocycles. The van der Waals surface area contributed by atoms with Crippen molar-refractivity contribution in [3.63, 3.8) is 0 Å². The zero-order valence-electron chi connectivity index (χ0n) is 17.1. The Morgan fingerprint density at radius 2 is 1.93 bits per heavy atom. The minimum absolute atomic E-state index is 0.00979. The van der Waals surface area contributed by atoms with Gasteiger partial charge in [-0.05, 0) is 53.2 Å². The van der Waals surface area contributed by atoms with E-state index in [-0.39, 0.29) is 23.4 Å². The van der Waals surface area contributed by atoms with E-state index in [1.165, 1.54) is 0 Å². The van der Waals surface area contributed by atoms with Crippen LogP contribution in [0, 0.1) is 11.8 Å². The average Bonchev–Trinajstić information content (AvgIpc) is 2.76. The van der Waals surface area contributed by atoms with E-state index in [0.717, 1.165) is 11.1 Å². The van der Waals surface area contributed by atoms with Gasteiger partial charge in [-0.2, -0.15) is 0 Å². The van der Waals surface area contributed by atoms with Gasteiger partial charge in [0, 0.05) is 23.8 Å². The van der Waals surface area contributed by atoms with Crippen molar-refractivity contribution in [2.75, 3.05) is 0 Å². The summed E-state index contributed by atoms with van der Waals surface area (Å²) in [6, 6.07) is 7.37. The van der Waals surface area contributed by atoms with Crippen molar-refractivity contribution in [3.05, 3.63) is 52.6 Å². The average molecular weight is 378 g/mol. The fraction of sp³-hybridized carbons (Fsp3) is 0.500. The molecule has 3 aliphatic carbocycles. The molecule has 6 rings (SSSR count). The molecule has 4 nitrogen and oxygen atoms in total. The molecular weight excluding hydrogens is 352 g/mol. The van der Waals surface area contributed by atoms with Crippen LogP contribution in [-0.4, -0.2) is 28.4 Å². The Labute approximate surface area is 165 Å². The Bertz CT molecular complexity index is 994. The van der Waals surface area contributed by atoms with Gasteiger partial charge in [-0.15, -0.1) is 0 Å². The second kappa shape index (κ2) is 5.24. The van der Waals surface area contributed by atoms with E-state index in [0.29, 0.717) is 29.7 Å². The second-order valence-electron chi connectivity index (χ2n) is 9.44. The molecule has 4 unspecified atom stereocenters. The van der Waals surface area contributed by atoms with Gasteiger partial charge in [0.05, 0.1) is 11.2 Å². The Morgan fingerprint density at radius 3 is 2.64 bits per heavy atom. The molecule has 4 atom stereocenters. The number of rotatable bonds is 2. The Morgan fingerprint density at radius 1 is 1.21 bits per heavy atom. The monoisotopic (exact) mass is 378 g/mol. The van der Waals surface area contributed by atoms with E-state index in [9.17, 15) is 9.59 Å². The number of hydrogen-bond donors (Lipinski definition) is 0. The summed E-state index contributed by atoms with van der Waals surface area (Å²) >= 11 is 0. The maximum absolute atomic E-state index is 13.8. The van der Waals surface area contributed by atoms with Crippen molar-refractivity contribution in [1.29, 1.82) is 0 Å². The first-order valence-electron chi connectivity index (χ1n) is 10.1. The Hall–Kier alpha value is -2.20. The summed E-state index contributed by atoms with van der Waals surface area (Å²) in [5.74, 6) is 0.297. The lowest BCUT2D eigenvalue weighted by atomic mass is 9.49. The number of benzene rings is 1. The number of para-hydroxylation sites is 1. The third-order valence-corrected chi connectivity index (χ3v) is 7.27. The van der Waals surface area contributed by atoms with E-state index >= 15 is 0 Å². The lowest BCUT2D eigenvalue weighted by Crippen LogP contribution is -2.72. The summed E-state index contributed by atoms with van der Waals surface area (Å²) in [6.07, 6.45) is 3.15. The number of Topliss-reactive ketones (excluding diaryl/α,β-unsaturated/α-hetero) is 2. The predicted octanol–water partition coefficient (Wildman–Crippen LogP) is 4.44. The first kappa shape index (κ1) is 17.9. The van der Waals surface area contributed by atoms with Gasteiger partial charge >= 0.3 is 0 Å². The van der Waals surface area contributed by atoms with Crippen LogP contribution in [-0.2, 0) is 9.53 Å². The molecule has 2 fully saturated rings. The molecule has 1 aromatic carbocycles. The minimum atomic E-state index is -1.15. The van der Waals surface area contributed by atoms with E-state index < -0.39 is 16.8 Å². The number of allylic oxidation sites excluding steroid dienone is 2. The van der Waals surface area contributed by atoms with Gasteiger partial charge in [-0.1, -0.05) is 29.4 Å².